The first-order valence-corrected chi connectivity index (χ1v) is 16.2. The summed E-state index contributed by atoms with van der Waals surface area (Å²) in [5.41, 5.74) is 7.53. The minimum atomic E-state index is -0.264. The SMILES string of the molecule is C=C(C)c1ccc2c(c1)N(CC1CCC1C(C)/C=C/CCNCC1CCCO1)CC1(CCCc3cc(C)ccc31)O2. The van der Waals surface area contributed by atoms with Gasteiger partial charge in [-0.15, -0.1) is 0 Å². The van der Waals surface area contributed by atoms with E-state index in [-0.39, 0.29) is 5.60 Å². The van der Waals surface area contributed by atoms with Gasteiger partial charge in [0.05, 0.1) is 18.3 Å². The molecular weight excluding hydrogens is 504 g/mol. The molecule has 1 spiro atoms. The second kappa shape index (κ2) is 12.4. The second-order valence-electron chi connectivity index (χ2n) is 13.4. The van der Waals surface area contributed by atoms with Crippen molar-refractivity contribution in [3.05, 3.63) is 77.4 Å². The van der Waals surface area contributed by atoms with Gasteiger partial charge in [0.2, 0.25) is 0 Å². The van der Waals surface area contributed by atoms with Crippen LogP contribution in [0, 0.1) is 24.7 Å². The molecule has 4 aliphatic rings. The minimum Gasteiger partial charge on any atom is -0.479 e. The third-order valence-corrected chi connectivity index (χ3v) is 10.3. The number of benzene rings is 2. The molecule has 6 rings (SSSR count). The molecule has 1 saturated heterocycles. The van der Waals surface area contributed by atoms with E-state index in [0.717, 1.165) is 69.3 Å². The lowest BCUT2D eigenvalue weighted by atomic mass is 9.67. The number of hydrogen-bond acceptors (Lipinski definition) is 4. The summed E-state index contributed by atoms with van der Waals surface area (Å²) in [5, 5.41) is 3.58. The molecule has 1 N–H and O–H groups in total. The largest absolute Gasteiger partial charge is 0.479 e. The van der Waals surface area contributed by atoms with Crippen molar-refractivity contribution in [1.29, 1.82) is 0 Å². The maximum atomic E-state index is 7.02. The third kappa shape index (κ3) is 6.15. The Hall–Kier alpha value is -2.56. The van der Waals surface area contributed by atoms with E-state index < -0.39 is 0 Å². The van der Waals surface area contributed by atoms with Crippen LogP contribution in [0.15, 0.2) is 55.1 Å². The number of rotatable bonds is 10. The Bertz CT molecular complexity index is 1260. The van der Waals surface area contributed by atoms with Crippen LogP contribution in [0.25, 0.3) is 5.57 Å². The molecule has 4 nitrogen and oxygen atoms in total. The lowest BCUT2D eigenvalue weighted by Crippen LogP contribution is -2.53. The van der Waals surface area contributed by atoms with Crippen molar-refractivity contribution in [2.45, 2.75) is 83.8 Å². The minimum absolute atomic E-state index is 0.264. The fraction of sp³-hybridized carbons (Fsp3) is 0.568. The standard InChI is InChI=1S/C37H50N2O2/c1-26(2)29-14-17-36-35(22-29)39(25-37(41-36)18-7-10-30-21-27(3)12-16-34(30)37)24-31-13-15-33(31)28(4)9-5-6-19-38-23-32-11-8-20-40-32/h5,9,12,14,16-17,21-22,28,31-33,38H,1,6-8,10-11,13,15,18-20,23-25H2,2-4H3/b9-5+. The van der Waals surface area contributed by atoms with Gasteiger partial charge in [0.25, 0.3) is 0 Å². The van der Waals surface area contributed by atoms with Crippen LogP contribution in [0.1, 0.15) is 81.0 Å². The molecule has 2 aromatic rings. The molecule has 4 heteroatoms. The summed E-state index contributed by atoms with van der Waals surface area (Å²) in [6.07, 6.45) is 14.9. The molecule has 0 radical (unpaired) electrons. The summed E-state index contributed by atoms with van der Waals surface area (Å²) in [6.45, 7) is 16.0. The van der Waals surface area contributed by atoms with Gasteiger partial charge < -0.3 is 19.7 Å². The van der Waals surface area contributed by atoms with E-state index in [2.05, 4.69) is 86.1 Å². The van der Waals surface area contributed by atoms with Gasteiger partial charge in [-0.05, 0) is 113 Å². The first-order valence-electron chi connectivity index (χ1n) is 16.2. The van der Waals surface area contributed by atoms with Crippen LogP contribution in [-0.2, 0) is 16.8 Å². The Labute approximate surface area is 248 Å². The summed E-state index contributed by atoms with van der Waals surface area (Å²) in [5.74, 6) is 3.11. The summed E-state index contributed by atoms with van der Waals surface area (Å²) < 4.78 is 12.7. The molecular formula is C37H50N2O2. The van der Waals surface area contributed by atoms with E-state index in [1.54, 1.807) is 0 Å². The Morgan fingerprint density at radius 3 is 2.85 bits per heavy atom. The van der Waals surface area contributed by atoms with Crippen LogP contribution in [0.5, 0.6) is 5.75 Å². The van der Waals surface area contributed by atoms with Crippen molar-refractivity contribution in [2.75, 3.05) is 37.7 Å². The van der Waals surface area contributed by atoms with Crippen molar-refractivity contribution in [2.24, 2.45) is 17.8 Å². The lowest BCUT2D eigenvalue weighted by molar-refractivity contribution is 0.0396. The fourth-order valence-corrected chi connectivity index (χ4v) is 7.76. The summed E-state index contributed by atoms with van der Waals surface area (Å²) in [7, 11) is 0. The van der Waals surface area contributed by atoms with Crippen LogP contribution in [-0.4, -0.2) is 38.9 Å². The second-order valence-corrected chi connectivity index (χ2v) is 13.4. The predicted molar refractivity (Wildman–Crippen MR) is 171 cm³/mol. The highest BCUT2D eigenvalue weighted by Crippen LogP contribution is 2.49. The molecule has 2 aliphatic heterocycles. The molecule has 2 aliphatic carbocycles. The number of nitrogens with one attached hydrogen (secondary N) is 1. The summed E-state index contributed by atoms with van der Waals surface area (Å²) >= 11 is 0. The van der Waals surface area contributed by atoms with Crippen molar-refractivity contribution < 1.29 is 9.47 Å². The van der Waals surface area contributed by atoms with Crippen molar-refractivity contribution in [3.8, 4) is 5.75 Å². The Morgan fingerprint density at radius 2 is 2.07 bits per heavy atom. The van der Waals surface area contributed by atoms with E-state index in [9.17, 15) is 0 Å². The van der Waals surface area contributed by atoms with E-state index in [1.807, 2.05) is 0 Å². The monoisotopic (exact) mass is 554 g/mol. The number of fused-ring (bicyclic) bond motifs is 3. The van der Waals surface area contributed by atoms with Crippen LogP contribution in [0.3, 0.4) is 0 Å². The van der Waals surface area contributed by atoms with Crippen LogP contribution in [0.4, 0.5) is 5.69 Å². The molecule has 5 unspecified atom stereocenters. The van der Waals surface area contributed by atoms with Crippen LogP contribution in [0.2, 0.25) is 0 Å². The highest BCUT2D eigenvalue weighted by molar-refractivity contribution is 5.71. The van der Waals surface area contributed by atoms with Crippen molar-refractivity contribution in [1.82, 2.24) is 5.32 Å². The maximum Gasteiger partial charge on any atom is 0.152 e. The van der Waals surface area contributed by atoms with Gasteiger partial charge >= 0.3 is 0 Å². The van der Waals surface area contributed by atoms with Gasteiger partial charge in [-0.25, -0.2) is 0 Å². The average molecular weight is 555 g/mol. The van der Waals surface area contributed by atoms with E-state index in [0.29, 0.717) is 17.9 Å². The molecule has 5 atom stereocenters. The Balaban J connectivity index is 1.15. The fourth-order valence-electron chi connectivity index (χ4n) is 7.76. The predicted octanol–water partition coefficient (Wildman–Crippen LogP) is 7.84. The third-order valence-electron chi connectivity index (χ3n) is 10.3. The number of anilines is 1. The zero-order valence-electron chi connectivity index (χ0n) is 25.6. The highest BCUT2D eigenvalue weighted by atomic mass is 16.5. The van der Waals surface area contributed by atoms with Crippen LogP contribution < -0.4 is 15.0 Å². The van der Waals surface area contributed by atoms with Gasteiger partial charge in [0.15, 0.2) is 5.60 Å². The van der Waals surface area contributed by atoms with Gasteiger partial charge in [-0.2, -0.15) is 0 Å². The molecule has 1 saturated carbocycles. The maximum absolute atomic E-state index is 7.02. The van der Waals surface area contributed by atoms with Gasteiger partial charge in [0, 0.05) is 25.3 Å². The molecule has 2 fully saturated rings. The van der Waals surface area contributed by atoms with Crippen molar-refractivity contribution in [3.63, 3.8) is 0 Å². The van der Waals surface area contributed by atoms with Gasteiger partial charge in [-0.1, -0.05) is 61.1 Å². The van der Waals surface area contributed by atoms with Gasteiger partial charge in [-0.3, -0.25) is 0 Å². The quantitative estimate of drug-likeness (QED) is 0.240. The highest BCUT2D eigenvalue weighted by Gasteiger charge is 2.46. The number of allylic oxidation sites excluding steroid dienone is 2. The summed E-state index contributed by atoms with van der Waals surface area (Å²) in [4.78, 5) is 2.68. The first-order chi connectivity index (χ1) is 19.9. The van der Waals surface area contributed by atoms with Gasteiger partial charge in [0.1, 0.15) is 5.75 Å². The Morgan fingerprint density at radius 1 is 1.17 bits per heavy atom. The van der Waals surface area contributed by atoms with Crippen molar-refractivity contribution >= 4 is 11.3 Å². The number of aryl methyl sites for hydroxylation is 2. The molecule has 41 heavy (non-hydrogen) atoms. The molecule has 2 aromatic carbocycles. The average Bonchev–Trinajstić information content (AvgIpc) is 3.46. The Kier molecular flexibility index (Phi) is 8.60. The van der Waals surface area contributed by atoms with Crippen LogP contribution >= 0.6 is 0 Å². The first kappa shape index (κ1) is 28.6. The molecule has 2 heterocycles. The van der Waals surface area contributed by atoms with E-state index >= 15 is 0 Å². The molecule has 220 valence electrons. The van der Waals surface area contributed by atoms with E-state index in [1.165, 1.54) is 60.0 Å². The van der Waals surface area contributed by atoms with E-state index in [4.69, 9.17) is 9.47 Å². The zero-order chi connectivity index (χ0) is 28.4. The number of nitrogens with zero attached hydrogens (tertiary/aromatic N) is 1. The number of hydrogen-bond donors (Lipinski definition) is 1. The topological polar surface area (TPSA) is 33.7 Å². The normalized spacial score (nSPS) is 27.8. The molecule has 0 amide bonds. The number of ether oxygens (including phenoxy) is 2. The lowest BCUT2D eigenvalue weighted by Gasteiger charge is -2.50. The smallest absolute Gasteiger partial charge is 0.152 e. The zero-order valence-corrected chi connectivity index (χ0v) is 25.6. The summed E-state index contributed by atoms with van der Waals surface area (Å²) in [6, 6.07) is 13.7. The molecule has 0 bridgehead atoms. The molecule has 0 aromatic heterocycles.